The number of carbonyl (C=O) groups excluding carboxylic acids is 1. The predicted octanol–water partition coefficient (Wildman–Crippen LogP) is 0.957. The highest BCUT2D eigenvalue weighted by Gasteiger charge is 2.24. The third-order valence-electron chi connectivity index (χ3n) is 3.24. The number of carboxylic acids is 1. The Labute approximate surface area is 116 Å². The Hall–Kier alpha value is -1.73. The zero-order valence-corrected chi connectivity index (χ0v) is 11.7. The van der Waals surface area contributed by atoms with Crippen LogP contribution in [0.1, 0.15) is 35.7 Å². The molecule has 1 aromatic rings. The smallest absolute Gasteiger partial charge is 0.321 e. The molecule has 20 heavy (non-hydrogen) atoms. The van der Waals surface area contributed by atoms with E-state index in [1.165, 1.54) is 19.1 Å². The van der Waals surface area contributed by atoms with Crippen molar-refractivity contribution in [3.63, 3.8) is 0 Å². The molecule has 7 heteroatoms. The van der Waals surface area contributed by atoms with E-state index in [4.69, 9.17) is 5.11 Å². The van der Waals surface area contributed by atoms with Gasteiger partial charge in [-0.05, 0) is 37.5 Å². The van der Waals surface area contributed by atoms with Gasteiger partial charge in [-0.25, -0.2) is 8.42 Å². The van der Waals surface area contributed by atoms with Gasteiger partial charge in [0.25, 0.3) is 0 Å². The van der Waals surface area contributed by atoms with Crippen LogP contribution in [-0.2, 0) is 21.2 Å². The van der Waals surface area contributed by atoms with Crippen LogP contribution in [0.4, 0.5) is 0 Å². The fourth-order valence-corrected chi connectivity index (χ4v) is 3.35. The van der Waals surface area contributed by atoms with E-state index >= 15 is 0 Å². The minimum Gasteiger partial charge on any atom is -0.480 e. The third-order valence-corrected chi connectivity index (χ3v) is 4.78. The SMILES string of the molecule is C[C@H](NS(=O)(=O)c1ccc2c(c1)C(=O)CCC2)C(=O)O. The van der Waals surface area contributed by atoms with Crippen LogP contribution in [0, 0.1) is 0 Å². The summed E-state index contributed by atoms with van der Waals surface area (Å²) in [6, 6.07) is 3.11. The van der Waals surface area contributed by atoms with Crippen molar-refractivity contribution in [3.05, 3.63) is 29.3 Å². The monoisotopic (exact) mass is 297 g/mol. The maximum absolute atomic E-state index is 12.1. The van der Waals surface area contributed by atoms with E-state index in [1.54, 1.807) is 6.07 Å². The van der Waals surface area contributed by atoms with Crippen molar-refractivity contribution in [1.82, 2.24) is 4.72 Å². The average Bonchev–Trinajstić information content (AvgIpc) is 2.38. The molecule has 0 unspecified atom stereocenters. The summed E-state index contributed by atoms with van der Waals surface area (Å²) < 4.78 is 26.2. The van der Waals surface area contributed by atoms with Crippen LogP contribution in [0.25, 0.3) is 0 Å². The maximum Gasteiger partial charge on any atom is 0.321 e. The van der Waals surface area contributed by atoms with Crippen molar-refractivity contribution in [2.75, 3.05) is 0 Å². The number of aliphatic carboxylic acids is 1. The number of nitrogens with one attached hydrogen (secondary N) is 1. The molecule has 0 aromatic heterocycles. The van der Waals surface area contributed by atoms with Crippen molar-refractivity contribution in [2.24, 2.45) is 0 Å². The summed E-state index contributed by atoms with van der Waals surface area (Å²) in [6.45, 7) is 1.24. The molecule has 0 bridgehead atoms. The topological polar surface area (TPSA) is 101 Å². The molecule has 2 rings (SSSR count). The summed E-state index contributed by atoms with van der Waals surface area (Å²) in [7, 11) is -3.94. The van der Waals surface area contributed by atoms with Gasteiger partial charge in [0.05, 0.1) is 4.90 Å². The molecular formula is C13H15NO5S. The minimum absolute atomic E-state index is 0.0745. The molecule has 108 valence electrons. The third kappa shape index (κ3) is 2.88. The number of carbonyl (C=O) groups is 2. The molecule has 1 atom stereocenters. The second-order valence-electron chi connectivity index (χ2n) is 4.78. The first-order valence-electron chi connectivity index (χ1n) is 6.22. The van der Waals surface area contributed by atoms with Gasteiger partial charge >= 0.3 is 5.97 Å². The lowest BCUT2D eigenvalue weighted by atomic mass is 9.91. The predicted molar refractivity (Wildman–Crippen MR) is 71.1 cm³/mol. The zero-order valence-electron chi connectivity index (χ0n) is 10.9. The van der Waals surface area contributed by atoms with E-state index in [1.807, 2.05) is 0 Å². The Bertz CT molecular complexity index is 665. The average molecular weight is 297 g/mol. The highest BCUT2D eigenvalue weighted by Crippen LogP contribution is 2.24. The normalized spacial score (nSPS) is 16.6. The summed E-state index contributed by atoms with van der Waals surface area (Å²) in [5.74, 6) is -1.34. The Kier molecular flexibility index (Phi) is 3.92. The Morgan fingerprint density at radius 1 is 1.35 bits per heavy atom. The number of benzene rings is 1. The molecule has 0 saturated carbocycles. The van der Waals surface area contributed by atoms with Gasteiger partial charge in [0.2, 0.25) is 10.0 Å². The van der Waals surface area contributed by atoms with Crippen molar-refractivity contribution in [3.8, 4) is 0 Å². The van der Waals surface area contributed by atoms with Crippen molar-refractivity contribution in [2.45, 2.75) is 37.1 Å². The highest BCUT2D eigenvalue weighted by molar-refractivity contribution is 7.89. The van der Waals surface area contributed by atoms with Crippen LogP contribution in [0.2, 0.25) is 0 Å². The van der Waals surface area contributed by atoms with Gasteiger partial charge in [-0.2, -0.15) is 4.72 Å². The standard InChI is InChI=1S/C13H15NO5S/c1-8(13(16)17)14-20(18,19)10-6-5-9-3-2-4-12(15)11(9)7-10/h5-8,14H,2-4H2,1H3,(H,16,17)/t8-/m0/s1. The Balaban J connectivity index is 2.36. The number of hydrogen-bond acceptors (Lipinski definition) is 4. The van der Waals surface area contributed by atoms with Crippen LogP contribution in [-0.4, -0.2) is 31.3 Å². The second-order valence-corrected chi connectivity index (χ2v) is 6.49. The van der Waals surface area contributed by atoms with Gasteiger partial charge in [-0.1, -0.05) is 6.07 Å². The number of fused-ring (bicyclic) bond motifs is 1. The van der Waals surface area contributed by atoms with Gasteiger partial charge in [-0.15, -0.1) is 0 Å². The number of carboxylic acid groups (broad SMARTS) is 1. The van der Waals surface area contributed by atoms with Crippen LogP contribution in [0.15, 0.2) is 23.1 Å². The van der Waals surface area contributed by atoms with E-state index in [-0.39, 0.29) is 10.7 Å². The number of Topliss-reactive ketones (excluding diaryl/α,β-unsaturated/α-hetero) is 1. The lowest BCUT2D eigenvalue weighted by molar-refractivity contribution is -0.138. The molecule has 1 aromatic carbocycles. The first-order chi connectivity index (χ1) is 9.31. The van der Waals surface area contributed by atoms with Crippen molar-refractivity contribution >= 4 is 21.8 Å². The van der Waals surface area contributed by atoms with Crippen LogP contribution < -0.4 is 4.72 Å². The summed E-state index contributed by atoms with van der Waals surface area (Å²) >= 11 is 0. The van der Waals surface area contributed by atoms with Gasteiger partial charge in [0.1, 0.15) is 6.04 Å². The van der Waals surface area contributed by atoms with Crippen molar-refractivity contribution < 1.29 is 23.1 Å². The largest absolute Gasteiger partial charge is 0.480 e. The quantitative estimate of drug-likeness (QED) is 0.862. The van der Waals surface area contributed by atoms with E-state index < -0.39 is 22.0 Å². The summed E-state index contributed by atoms with van der Waals surface area (Å²) in [5, 5.41) is 8.75. The highest BCUT2D eigenvalue weighted by atomic mass is 32.2. The molecule has 1 aliphatic carbocycles. The molecular weight excluding hydrogens is 282 g/mol. The fourth-order valence-electron chi connectivity index (χ4n) is 2.13. The van der Waals surface area contributed by atoms with E-state index in [0.29, 0.717) is 12.0 Å². The van der Waals surface area contributed by atoms with Gasteiger partial charge in [-0.3, -0.25) is 9.59 Å². The summed E-state index contributed by atoms with van der Waals surface area (Å²) in [5.41, 5.74) is 1.26. The van der Waals surface area contributed by atoms with Crippen LogP contribution in [0.3, 0.4) is 0 Å². The number of aryl methyl sites for hydroxylation is 1. The molecule has 0 saturated heterocycles. The van der Waals surface area contributed by atoms with Crippen molar-refractivity contribution in [1.29, 1.82) is 0 Å². The number of sulfonamides is 1. The molecule has 6 nitrogen and oxygen atoms in total. The fraction of sp³-hybridized carbons (Fsp3) is 0.385. The molecule has 0 spiro atoms. The molecule has 1 aliphatic rings. The Morgan fingerprint density at radius 2 is 2.05 bits per heavy atom. The maximum atomic E-state index is 12.1. The summed E-state index contributed by atoms with van der Waals surface area (Å²) in [4.78, 5) is 22.4. The molecule has 0 amide bonds. The molecule has 0 radical (unpaired) electrons. The van der Waals surface area contributed by atoms with Gasteiger partial charge in [0, 0.05) is 12.0 Å². The number of rotatable bonds is 4. The number of hydrogen-bond donors (Lipinski definition) is 2. The first-order valence-corrected chi connectivity index (χ1v) is 7.71. The molecule has 0 fully saturated rings. The van der Waals surface area contributed by atoms with Crippen LogP contribution in [0.5, 0.6) is 0 Å². The zero-order chi connectivity index (χ0) is 14.9. The number of ketones is 1. The summed E-state index contributed by atoms with van der Waals surface area (Å²) in [6.07, 6.45) is 1.93. The molecule has 2 N–H and O–H groups in total. The molecule has 0 aliphatic heterocycles. The second kappa shape index (κ2) is 5.34. The lowest BCUT2D eigenvalue weighted by Gasteiger charge is -2.16. The van der Waals surface area contributed by atoms with Gasteiger partial charge < -0.3 is 5.11 Å². The minimum atomic E-state index is -3.94. The Morgan fingerprint density at radius 3 is 2.70 bits per heavy atom. The first kappa shape index (κ1) is 14.7. The van der Waals surface area contributed by atoms with E-state index in [9.17, 15) is 18.0 Å². The van der Waals surface area contributed by atoms with E-state index in [2.05, 4.69) is 4.72 Å². The van der Waals surface area contributed by atoms with Crippen LogP contribution >= 0.6 is 0 Å². The molecule has 0 heterocycles. The lowest BCUT2D eigenvalue weighted by Crippen LogP contribution is -2.38. The van der Waals surface area contributed by atoms with E-state index in [0.717, 1.165) is 18.4 Å². The van der Waals surface area contributed by atoms with Gasteiger partial charge in [0.15, 0.2) is 5.78 Å².